The lowest BCUT2D eigenvalue weighted by Gasteiger charge is -2.12. The smallest absolute Gasteiger partial charge is 0.231 e. The number of hydrogen-bond donors (Lipinski definition) is 0. The van der Waals surface area contributed by atoms with Gasteiger partial charge in [0.2, 0.25) is 5.78 Å². The number of carbonyl (C=O) groups excluding carboxylic acids is 1. The molecule has 0 N–H and O–H groups in total. The number of ketones is 1. The highest BCUT2D eigenvalue weighted by Crippen LogP contribution is 2.40. The van der Waals surface area contributed by atoms with Crippen LogP contribution in [0.5, 0.6) is 11.5 Å². The first-order chi connectivity index (χ1) is 14.3. The molecule has 0 saturated carbocycles. The minimum atomic E-state index is -0.415. The summed E-state index contributed by atoms with van der Waals surface area (Å²) in [7, 11) is 0. The third-order valence-electron chi connectivity index (χ3n) is 4.71. The Kier molecular flexibility index (Phi) is 5.74. The quantitative estimate of drug-likeness (QED) is 0.381. The lowest BCUT2D eigenvalue weighted by Crippen LogP contribution is -1.99. The molecular formula is C23H14Cl3FO3. The van der Waals surface area contributed by atoms with E-state index in [0.29, 0.717) is 43.8 Å². The van der Waals surface area contributed by atoms with Crippen molar-refractivity contribution in [3.8, 4) is 11.5 Å². The monoisotopic (exact) mass is 462 g/mol. The Bertz CT molecular complexity index is 1180. The van der Waals surface area contributed by atoms with Gasteiger partial charge in [0.05, 0.1) is 10.6 Å². The van der Waals surface area contributed by atoms with E-state index in [2.05, 4.69) is 0 Å². The Morgan fingerprint density at radius 3 is 2.47 bits per heavy atom. The maximum absolute atomic E-state index is 13.2. The van der Waals surface area contributed by atoms with E-state index in [9.17, 15) is 9.18 Å². The van der Waals surface area contributed by atoms with Crippen LogP contribution >= 0.6 is 34.8 Å². The van der Waals surface area contributed by atoms with Gasteiger partial charge in [0, 0.05) is 26.7 Å². The Labute approximate surface area is 187 Å². The topological polar surface area (TPSA) is 35.5 Å². The van der Waals surface area contributed by atoms with E-state index in [1.807, 2.05) is 0 Å². The van der Waals surface area contributed by atoms with Crippen LogP contribution in [0.1, 0.15) is 27.0 Å². The zero-order valence-corrected chi connectivity index (χ0v) is 17.9. The Balaban J connectivity index is 1.61. The summed E-state index contributed by atoms with van der Waals surface area (Å²) in [5, 5.41) is 1.11. The van der Waals surface area contributed by atoms with Crippen molar-refractivity contribution in [3.05, 3.63) is 97.4 Å². The minimum Gasteiger partial charge on any atom is -0.488 e. The number of allylic oxidation sites excluding steroid dienone is 1. The molecule has 0 saturated heterocycles. The van der Waals surface area contributed by atoms with Crippen molar-refractivity contribution in [3.63, 3.8) is 0 Å². The number of hydrogen-bond acceptors (Lipinski definition) is 3. The van der Waals surface area contributed by atoms with Gasteiger partial charge >= 0.3 is 0 Å². The van der Waals surface area contributed by atoms with Crippen LogP contribution in [0.2, 0.25) is 15.1 Å². The molecule has 0 amide bonds. The SMILES string of the molecule is Cc1c(OCc2ccc(F)cc2Cl)ccc2c1O/C(=C\c1c(Cl)cccc1Cl)C2=O. The molecule has 0 spiro atoms. The van der Waals surface area contributed by atoms with E-state index < -0.39 is 5.82 Å². The molecule has 152 valence electrons. The van der Waals surface area contributed by atoms with Gasteiger partial charge in [-0.05, 0) is 49.4 Å². The van der Waals surface area contributed by atoms with E-state index in [1.54, 1.807) is 43.3 Å². The molecule has 3 aromatic rings. The number of fused-ring (bicyclic) bond motifs is 1. The van der Waals surface area contributed by atoms with E-state index in [1.165, 1.54) is 18.2 Å². The molecule has 1 aliphatic heterocycles. The van der Waals surface area contributed by atoms with Gasteiger partial charge in [-0.2, -0.15) is 0 Å². The molecule has 0 fully saturated rings. The molecule has 1 aliphatic rings. The summed E-state index contributed by atoms with van der Waals surface area (Å²) in [6, 6.07) is 12.5. The average Bonchev–Trinajstić information content (AvgIpc) is 3.02. The fourth-order valence-corrected chi connectivity index (χ4v) is 3.83. The lowest BCUT2D eigenvalue weighted by molar-refractivity contribution is 0.101. The van der Waals surface area contributed by atoms with Crippen LogP contribution in [0, 0.1) is 12.7 Å². The minimum absolute atomic E-state index is 0.127. The van der Waals surface area contributed by atoms with Crippen molar-refractivity contribution in [1.29, 1.82) is 0 Å². The maximum Gasteiger partial charge on any atom is 0.231 e. The molecule has 7 heteroatoms. The van der Waals surface area contributed by atoms with E-state index in [-0.39, 0.29) is 23.2 Å². The predicted octanol–water partition coefficient (Wildman–Crippen LogP) is 7.29. The lowest BCUT2D eigenvalue weighted by atomic mass is 10.1. The largest absolute Gasteiger partial charge is 0.488 e. The van der Waals surface area contributed by atoms with Crippen molar-refractivity contribution in [1.82, 2.24) is 0 Å². The van der Waals surface area contributed by atoms with Crippen molar-refractivity contribution in [2.75, 3.05) is 0 Å². The second kappa shape index (κ2) is 8.31. The number of carbonyl (C=O) groups is 1. The van der Waals surface area contributed by atoms with Crippen LogP contribution in [-0.2, 0) is 6.61 Å². The molecule has 4 rings (SSSR count). The summed E-state index contributed by atoms with van der Waals surface area (Å²) in [6.45, 7) is 1.93. The van der Waals surface area contributed by atoms with Gasteiger partial charge in [-0.1, -0.05) is 46.9 Å². The van der Waals surface area contributed by atoms with Gasteiger partial charge < -0.3 is 9.47 Å². The predicted molar refractivity (Wildman–Crippen MR) is 116 cm³/mol. The number of halogens is 4. The molecule has 30 heavy (non-hydrogen) atoms. The molecule has 0 radical (unpaired) electrons. The van der Waals surface area contributed by atoms with Crippen LogP contribution in [0.25, 0.3) is 6.08 Å². The summed E-state index contributed by atoms with van der Waals surface area (Å²) in [5.74, 6) is 0.387. The number of rotatable bonds is 4. The number of benzene rings is 3. The van der Waals surface area contributed by atoms with Crippen LogP contribution < -0.4 is 9.47 Å². The second-order valence-electron chi connectivity index (χ2n) is 6.66. The zero-order chi connectivity index (χ0) is 21.4. The van der Waals surface area contributed by atoms with Gasteiger partial charge in [0.1, 0.15) is 23.9 Å². The number of Topliss-reactive ketones (excluding diaryl/α,β-unsaturated/α-hetero) is 1. The summed E-state index contributed by atoms with van der Waals surface area (Å²) < 4.78 is 24.9. The first-order valence-electron chi connectivity index (χ1n) is 8.93. The zero-order valence-electron chi connectivity index (χ0n) is 15.6. The maximum atomic E-state index is 13.2. The van der Waals surface area contributed by atoms with Crippen LogP contribution in [0.3, 0.4) is 0 Å². The normalized spacial score (nSPS) is 14.0. The Hall–Kier alpha value is -2.53. The average molecular weight is 464 g/mol. The highest BCUT2D eigenvalue weighted by atomic mass is 35.5. The van der Waals surface area contributed by atoms with Crippen LogP contribution in [-0.4, -0.2) is 5.78 Å². The van der Waals surface area contributed by atoms with Crippen LogP contribution in [0.15, 0.2) is 54.3 Å². The third-order valence-corrected chi connectivity index (χ3v) is 5.72. The Morgan fingerprint density at radius 2 is 1.77 bits per heavy atom. The molecule has 0 aliphatic carbocycles. The summed E-state index contributed by atoms with van der Waals surface area (Å²) in [6.07, 6.45) is 1.53. The second-order valence-corrected chi connectivity index (χ2v) is 7.89. The summed E-state index contributed by atoms with van der Waals surface area (Å²) in [4.78, 5) is 12.8. The first kappa shape index (κ1) is 20.7. The van der Waals surface area contributed by atoms with Gasteiger partial charge in [-0.25, -0.2) is 4.39 Å². The number of ether oxygens (including phenoxy) is 2. The van der Waals surface area contributed by atoms with Gasteiger partial charge in [0.15, 0.2) is 5.76 Å². The van der Waals surface area contributed by atoms with E-state index in [0.717, 1.165) is 0 Å². The van der Waals surface area contributed by atoms with Crippen molar-refractivity contribution < 1.29 is 18.7 Å². The fraction of sp³-hybridized carbons (Fsp3) is 0.0870. The molecule has 3 aromatic carbocycles. The first-order valence-corrected chi connectivity index (χ1v) is 10.1. The van der Waals surface area contributed by atoms with Gasteiger partial charge in [-0.15, -0.1) is 0 Å². The molecule has 0 atom stereocenters. The molecule has 0 bridgehead atoms. The summed E-state index contributed by atoms with van der Waals surface area (Å²) >= 11 is 18.4. The highest BCUT2D eigenvalue weighted by Gasteiger charge is 2.30. The molecule has 0 unspecified atom stereocenters. The van der Waals surface area contributed by atoms with E-state index >= 15 is 0 Å². The van der Waals surface area contributed by atoms with Crippen molar-refractivity contribution in [2.45, 2.75) is 13.5 Å². The molecule has 3 nitrogen and oxygen atoms in total. The molecular weight excluding hydrogens is 450 g/mol. The third kappa shape index (κ3) is 3.91. The fourth-order valence-electron chi connectivity index (χ4n) is 3.10. The standard InChI is InChI=1S/C23H14Cl3FO3/c1-12-20(29-11-13-5-6-14(27)9-19(13)26)8-7-15-22(28)21(30-23(12)15)10-16-17(24)3-2-4-18(16)25/h2-10H,11H2,1H3/b21-10-. The Morgan fingerprint density at radius 1 is 1.03 bits per heavy atom. The molecule has 1 heterocycles. The highest BCUT2D eigenvalue weighted by molar-refractivity contribution is 6.37. The van der Waals surface area contributed by atoms with Crippen molar-refractivity contribution >= 4 is 46.7 Å². The van der Waals surface area contributed by atoms with Crippen molar-refractivity contribution in [2.24, 2.45) is 0 Å². The summed E-state index contributed by atoms with van der Waals surface area (Å²) in [5.41, 5.74) is 2.24. The molecule has 0 aromatic heterocycles. The van der Waals surface area contributed by atoms with E-state index in [4.69, 9.17) is 44.3 Å². The van der Waals surface area contributed by atoms with Gasteiger partial charge in [0.25, 0.3) is 0 Å². The van der Waals surface area contributed by atoms with Crippen LogP contribution in [0.4, 0.5) is 4.39 Å². The van der Waals surface area contributed by atoms with Gasteiger partial charge in [-0.3, -0.25) is 4.79 Å².